The topological polar surface area (TPSA) is 38.0 Å². The van der Waals surface area contributed by atoms with Gasteiger partial charge in [-0.25, -0.2) is 0 Å². The summed E-state index contributed by atoms with van der Waals surface area (Å²) >= 11 is 0. The number of aryl methyl sites for hydroxylation is 1. The molecule has 2 atom stereocenters. The van der Waals surface area contributed by atoms with Crippen molar-refractivity contribution in [2.75, 3.05) is 0 Å². The maximum atomic E-state index is 9.51. The molecule has 2 unspecified atom stereocenters. The minimum Gasteiger partial charge on any atom is -0.393 e. The largest absolute Gasteiger partial charge is 0.393 e. The van der Waals surface area contributed by atoms with E-state index in [1.54, 1.807) is 0 Å². The van der Waals surface area contributed by atoms with E-state index in [1.165, 1.54) is 5.56 Å². The maximum absolute atomic E-state index is 9.51. The summed E-state index contributed by atoms with van der Waals surface area (Å²) in [6.07, 6.45) is 6.71. The Morgan fingerprint density at radius 1 is 1.69 bits per heavy atom. The van der Waals surface area contributed by atoms with Gasteiger partial charge in [-0.05, 0) is 30.2 Å². The third-order valence-electron chi connectivity index (χ3n) is 3.12. The van der Waals surface area contributed by atoms with Crippen molar-refractivity contribution in [2.24, 2.45) is 7.05 Å². The molecule has 2 rings (SSSR count). The molecule has 0 aromatic carbocycles. The molecule has 1 aliphatic rings. The molecule has 1 aromatic heterocycles. The molecule has 0 bridgehead atoms. The summed E-state index contributed by atoms with van der Waals surface area (Å²) < 4.78 is 1.82. The first-order chi connectivity index (χ1) is 6.10. The van der Waals surface area contributed by atoms with Gasteiger partial charge in [0.2, 0.25) is 0 Å². The van der Waals surface area contributed by atoms with Crippen molar-refractivity contribution in [3.05, 3.63) is 18.0 Å². The lowest BCUT2D eigenvalue weighted by atomic mass is 9.83. The molecule has 13 heavy (non-hydrogen) atoms. The van der Waals surface area contributed by atoms with Gasteiger partial charge >= 0.3 is 0 Å². The fourth-order valence-electron chi connectivity index (χ4n) is 2.20. The van der Waals surface area contributed by atoms with Crippen LogP contribution in [0.5, 0.6) is 0 Å². The summed E-state index contributed by atoms with van der Waals surface area (Å²) in [5.41, 5.74) is 1.40. The molecule has 0 amide bonds. The number of aliphatic hydroxyl groups excluding tert-OH is 1. The minimum absolute atomic E-state index is 0.120. The molecule has 0 radical (unpaired) electrons. The molecule has 3 nitrogen and oxygen atoms in total. The summed E-state index contributed by atoms with van der Waals surface area (Å²) in [6, 6.07) is 0. The van der Waals surface area contributed by atoms with Crippen LogP contribution in [0.15, 0.2) is 12.4 Å². The van der Waals surface area contributed by atoms with Crippen molar-refractivity contribution in [2.45, 2.75) is 37.7 Å². The van der Waals surface area contributed by atoms with Crippen molar-refractivity contribution < 1.29 is 5.11 Å². The average Bonchev–Trinajstić information content (AvgIpc) is 2.60. The number of aliphatic hydroxyl groups is 1. The predicted molar refractivity (Wildman–Crippen MR) is 50.4 cm³/mol. The van der Waals surface area contributed by atoms with Crippen molar-refractivity contribution in [3.8, 4) is 0 Å². The Morgan fingerprint density at radius 2 is 2.46 bits per heavy atom. The zero-order valence-corrected chi connectivity index (χ0v) is 8.20. The number of rotatable bonds is 1. The lowest BCUT2D eigenvalue weighted by Gasteiger charge is -2.21. The lowest BCUT2D eigenvalue weighted by Crippen LogP contribution is -2.17. The van der Waals surface area contributed by atoms with Crippen LogP contribution in [0.4, 0.5) is 0 Å². The van der Waals surface area contributed by atoms with Gasteiger partial charge in [0.1, 0.15) is 0 Å². The third kappa shape index (κ3) is 1.48. The fourth-order valence-corrected chi connectivity index (χ4v) is 2.20. The van der Waals surface area contributed by atoms with Crippen LogP contribution in [0, 0.1) is 0 Å². The molecule has 1 saturated carbocycles. The van der Waals surface area contributed by atoms with Gasteiger partial charge in [0.05, 0.1) is 12.3 Å². The molecule has 1 heterocycles. The second-order valence-corrected chi connectivity index (χ2v) is 4.36. The number of hydrogen-bond donors (Lipinski definition) is 1. The molecule has 1 aliphatic carbocycles. The van der Waals surface area contributed by atoms with E-state index in [4.69, 9.17) is 0 Å². The second-order valence-electron chi connectivity index (χ2n) is 4.36. The third-order valence-corrected chi connectivity index (χ3v) is 3.12. The van der Waals surface area contributed by atoms with E-state index in [-0.39, 0.29) is 11.5 Å². The van der Waals surface area contributed by atoms with Crippen LogP contribution in [-0.4, -0.2) is 21.0 Å². The van der Waals surface area contributed by atoms with Gasteiger partial charge in [-0.1, -0.05) is 6.92 Å². The zero-order valence-electron chi connectivity index (χ0n) is 8.20. The molecule has 1 N–H and O–H groups in total. The maximum Gasteiger partial charge on any atom is 0.0549 e. The predicted octanol–water partition coefficient (Wildman–Crippen LogP) is 1.22. The molecular formula is C10H16N2O. The monoisotopic (exact) mass is 180 g/mol. The minimum atomic E-state index is -0.120. The molecule has 0 saturated heterocycles. The van der Waals surface area contributed by atoms with Gasteiger partial charge < -0.3 is 5.11 Å². The summed E-state index contributed by atoms with van der Waals surface area (Å²) in [4.78, 5) is 0. The van der Waals surface area contributed by atoms with E-state index < -0.39 is 0 Å². The molecule has 1 aromatic rings. The summed E-state index contributed by atoms with van der Waals surface area (Å²) in [7, 11) is 1.93. The summed E-state index contributed by atoms with van der Waals surface area (Å²) in [6.45, 7) is 2.21. The van der Waals surface area contributed by atoms with E-state index in [2.05, 4.69) is 18.2 Å². The lowest BCUT2D eigenvalue weighted by molar-refractivity contribution is 0.175. The Morgan fingerprint density at radius 3 is 2.92 bits per heavy atom. The van der Waals surface area contributed by atoms with Gasteiger partial charge in [-0.15, -0.1) is 0 Å². The quantitative estimate of drug-likeness (QED) is 0.705. The Balaban J connectivity index is 2.25. The van der Waals surface area contributed by atoms with Crippen molar-refractivity contribution >= 4 is 0 Å². The van der Waals surface area contributed by atoms with E-state index in [0.717, 1.165) is 19.3 Å². The number of aromatic nitrogens is 2. The van der Waals surface area contributed by atoms with Crippen LogP contribution in [0.1, 0.15) is 31.7 Å². The smallest absolute Gasteiger partial charge is 0.0549 e. The first kappa shape index (κ1) is 8.75. The Hall–Kier alpha value is -0.830. The highest BCUT2D eigenvalue weighted by Crippen LogP contribution is 2.40. The van der Waals surface area contributed by atoms with E-state index >= 15 is 0 Å². The molecule has 0 spiro atoms. The average molecular weight is 180 g/mol. The van der Waals surface area contributed by atoms with Gasteiger partial charge in [-0.2, -0.15) is 5.10 Å². The van der Waals surface area contributed by atoms with E-state index in [9.17, 15) is 5.11 Å². The Labute approximate surface area is 78.4 Å². The second kappa shape index (κ2) is 2.84. The normalized spacial score (nSPS) is 33.9. The number of hydrogen-bond acceptors (Lipinski definition) is 2. The van der Waals surface area contributed by atoms with Gasteiger partial charge in [0.15, 0.2) is 0 Å². The summed E-state index contributed by atoms with van der Waals surface area (Å²) in [5, 5.41) is 13.7. The highest BCUT2D eigenvalue weighted by Gasteiger charge is 2.36. The van der Waals surface area contributed by atoms with Crippen LogP contribution < -0.4 is 0 Å². The van der Waals surface area contributed by atoms with Crippen molar-refractivity contribution in [1.29, 1.82) is 0 Å². The van der Waals surface area contributed by atoms with Crippen LogP contribution in [0.3, 0.4) is 0 Å². The van der Waals surface area contributed by atoms with Crippen LogP contribution in [-0.2, 0) is 12.5 Å². The molecule has 72 valence electrons. The van der Waals surface area contributed by atoms with Crippen LogP contribution in [0.25, 0.3) is 0 Å². The molecule has 0 aliphatic heterocycles. The first-order valence-electron chi connectivity index (χ1n) is 4.77. The van der Waals surface area contributed by atoms with Crippen molar-refractivity contribution in [1.82, 2.24) is 9.78 Å². The van der Waals surface area contributed by atoms with Crippen LogP contribution >= 0.6 is 0 Å². The molecule has 1 fully saturated rings. The first-order valence-corrected chi connectivity index (χ1v) is 4.77. The van der Waals surface area contributed by atoms with Gasteiger partial charge in [0, 0.05) is 13.2 Å². The Kier molecular flexibility index (Phi) is 1.91. The summed E-state index contributed by atoms with van der Waals surface area (Å²) in [5.74, 6) is 0. The van der Waals surface area contributed by atoms with E-state index in [1.807, 2.05) is 17.9 Å². The van der Waals surface area contributed by atoms with Crippen LogP contribution in [0.2, 0.25) is 0 Å². The zero-order chi connectivity index (χ0) is 9.47. The molecular weight excluding hydrogens is 164 g/mol. The standard InChI is InChI=1S/C10H16N2O/c1-10(4-3-9(13)5-10)8-6-11-12(2)7-8/h6-7,9,13H,3-5H2,1-2H3. The van der Waals surface area contributed by atoms with Crippen molar-refractivity contribution in [3.63, 3.8) is 0 Å². The highest BCUT2D eigenvalue weighted by molar-refractivity contribution is 5.20. The number of nitrogens with zero attached hydrogens (tertiary/aromatic N) is 2. The van der Waals surface area contributed by atoms with Gasteiger partial charge in [0.25, 0.3) is 0 Å². The molecule has 3 heteroatoms. The fraction of sp³-hybridized carbons (Fsp3) is 0.700. The SMILES string of the molecule is Cn1cc(C2(C)CCC(O)C2)cn1. The Bertz CT molecular complexity index is 308. The highest BCUT2D eigenvalue weighted by atomic mass is 16.3. The van der Waals surface area contributed by atoms with Gasteiger partial charge in [-0.3, -0.25) is 4.68 Å². The van der Waals surface area contributed by atoms with E-state index in [0.29, 0.717) is 0 Å².